The second-order valence-corrected chi connectivity index (χ2v) is 7.63. The highest BCUT2D eigenvalue weighted by Crippen LogP contribution is 2.44. The molecular formula is C23H26N2O6. The lowest BCUT2D eigenvalue weighted by Gasteiger charge is -2.16. The third-order valence-corrected chi connectivity index (χ3v) is 5.13. The SMILES string of the molecule is C[C@H](CC(=O)O)NC(=O)CC(O)CNC(=O)OCC1c2ccccc2-c2ccccc21. The van der Waals surface area contributed by atoms with Crippen molar-refractivity contribution in [3.05, 3.63) is 59.7 Å². The number of rotatable bonds is 9. The Bertz CT molecular complexity index is 915. The third-order valence-electron chi connectivity index (χ3n) is 5.13. The van der Waals surface area contributed by atoms with Crippen LogP contribution in [-0.4, -0.2) is 53.5 Å². The van der Waals surface area contributed by atoms with Gasteiger partial charge in [0.2, 0.25) is 5.91 Å². The number of aliphatic carboxylic acids is 1. The standard InChI is InChI=1S/C23H26N2O6/c1-14(10-22(28)29)25-21(27)11-15(26)12-24-23(30)31-13-20-18-8-4-2-6-16(18)17-7-3-5-9-19(17)20/h2-9,14-15,20,26H,10-13H2,1H3,(H,24,30)(H,25,27)(H,28,29)/t14-,15?/m1/s1. The quantitative estimate of drug-likeness (QED) is 0.487. The van der Waals surface area contributed by atoms with E-state index in [4.69, 9.17) is 9.84 Å². The number of aliphatic hydroxyl groups is 1. The van der Waals surface area contributed by atoms with Gasteiger partial charge in [0.1, 0.15) is 6.61 Å². The van der Waals surface area contributed by atoms with Gasteiger partial charge in [-0.2, -0.15) is 0 Å². The maximum Gasteiger partial charge on any atom is 0.407 e. The summed E-state index contributed by atoms with van der Waals surface area (Å²) in [4.78, 5) is 34.5. The van der Waals surface area contributed by atoms with Gasteiger partial charge in [-0.3, -0.25) is 9.59 Å². The zero-order valence-corrected chi connectivity index (χ0v) is 17.2. The molecular weight excluding hydrogens is 400 g/mol. The summed E-state index contributed by atoms with van der Waals surface area (Å²) in [6.07, 6.45) is -2.26. The van der Waals surface area contributed by atoms with Gasteiger partial charge in [0.05, 0.1) is 18.9 Å². The fraction of sp³-hybridized carbons (Fsp3) is 0.348. The molecule has 0 heterocycles. The second-order valence-electron chi connectivity index (χ2n) is 7.63. The van der Waals surface area contributed by atoms with Crippen molar-refractivity contribution in [2.75, 3.05) is 13.2 Å². The van der Waals surface area contributed by atoms with Crippen molar-refractivity contribution in [1.29, 1.82) is 0 Å². The topological polar surface area (TPSA) is 125 Å². The van der Waals surface area contributed by atoms with E-state index in [1.54, 1.807) is 6.92 Å². The van der Waals surface area contributed by atoms with Crippen LogP contribution in [0.4, 0.5) is 4.79 Å². The number of fused-ring (bicyclic) bond motifs is 3. The molecule has 0 bridgehead atoms. The van der Waals surface area contributed by atoms with E-state index in [0.717, 1.165) is 22.3 Å². The first kappa shape index (κ1) is 22.3. The lowest BCUT2D eigenvalue weighted by molar-refractivity contribution is -0.137. The van der Waals surface area contributed by atoms with E-state index in [1.165, 1.54) is 0 Å². The highest BCUT2D eigenvalue weighted by Gasteiger charge is 2.29. The molecule has 0 fully saturated rings. The zero-order chi connectivity index (χ0) is 22.4. The lowest BCUT2D eigenvalue weighted by atomic mass is 9.98. The van der Waals surface area contributed by atoms with Crippen molar-refractivity contribution < 1.29 is 29.3 Å². The summed E-state index contributed by atoms with van der Waals surface area (Å²) in [5, 5.41) is 23.6. The van der Waals surface area contributed by atoms with Crippen molar-refractivity contribution in [3.63, 3.8) is 0 Å². The number of benzene rings is 2. The summed E-state index contributed by atoms with van der Waals surface area (Å²) >= 11 is 0. The molecule has 0 aromatic heterocycles. The number of carbonyl (C=O) groups is 3. The minimum atomic E-state index is -1.11. The molecule has 2 atom stereocenters. The van der Waals surface area contributed by atoms with E-state index in [-0.39, 0.29) is 31.9 Å². The van der Waals surface area contributed by atoms with Gasteiger partial charge in [0.15, 0.2) is 0 Å². The number of carbonyl (C=O) groups excluding carboxylic acids is 2. The Labute approximate surface area is 180 Å². The number of alkyl carbamates (subject to hydrolysis) is 1. The molecule has 2 aromatic rings. The summed E-state index contributed by atoms with van der Waals surface area (Å²) in [5.74, 6) is -1.58. The fourth-order valence-electron chi connectivity index (χ4n) is 3.78. The van der Waals surface area contributed by atoms with Gasteiger partial charge in [0.25, 0.3) is 0 Å². The van der Waals surface area contributed by atoms with Crippen molar-refractivity contribution in [2.24, 2.45) is 0 Å². The van der Waals surface area contributed by atoms with Crippen molar-refractivity contribution >= 4 is 18.0 Å². The molecule has 2 amide bonds. The minimum absolute atomic E-state index is 0.0652. The summed E-state index contributed by atoms with van der Waals surface area (Å²) in [5.41, 5.74) is 4.46. The number of aliphatic hydroxyl groups excluding tert-OH is 1. The highest BCUT2D eigenvalue weighted by atomic mass is 16.5. The van der Waals surface area contributed by atoms with Gasteiger partial charge < -0.3 is 25.6 Å². The normalized spacial score (nSPS) is 14.1. The molecule has 3 rings (SSSR count). The molecule has 1 unspecified atom stereocenters. The van der Waals surface area contributed by atoms with Gasteiger partial charge >= 0.3 is 12.1 Å². The molecule has 2 aromatic carbocycles. The molecule has 0 saturated carbocycles. The summed E-state index contributed by atoms with van der Waals surface area (Å²) in [6.45, 7) is 1.56. The van der Waals surface area contributed by atoms with Crippen LogP contribution < -0.4 is 10.6 Å². The maximum atomic E-state index is 12.1. The predicted molar refractivity (Wildman–Crippen MR) is 114 cm³/mol. The van der Waals surface area contributed by atoms with E-state index in [9.17, 15) is 19.5 Å². The van der Waals surface area contributed by atoms with E-state index in [2.05, 4.69) is 10.6 Å². The van der Waals surface area contributed by atoms with Crippen LogP contribution >= 0.6 is 0 Å². The molecule has 0 radical (unpaired) electrons. The molecule has 0 spiro atoms. The van der Waals surface area contributed by atoms with Crippen LogP contribution in [0.1, 0.15) is 36.8 Å². The smallest absolute Gasteiger partial charge is 0.407 e. The average Bonchev–Trinajstić information content (AvgIpc) is 3.04. The minimum Gasteiger partial charge on any atom is -0.481 e. The molecule has 31 heavy (non-hydrogen) atoms. The van der Waals surface area contributed by atoms with Crippen LogP contribution in [0.15, 0.2) is 48.5 Å². The van der Waals surface area contributed by atoms with Crippen molar-refractivity contribution in [2.45, 2.75) is 37.8 Å². The van der Waals surface area contributed by atoms with E-state index >= 15 is 0 Å². The van der Waals surface area contributed by atoms with Gasteiger partial charge in [-0.15, -0.1) is 0 Å². The third kappa shape index (κ3) is 5.82. The first-order valence-electron chi connectivity index (χ1n) is 10.1. The van der Waals surface area contributed by atoms with Gasteiger partial charge in [-0.1, -0.05) is 48.5 Å². The fourth-order valence-corrected chi connectivity index (χ4v) is 3.78. The number of carboxylic acid groups (broad SMARTS) is 1. The average molecular weight is 426 g/mol. The van der Waals surface area contributed by atoms with E-state index < -0.39 is 30.1 Å². The monoisotopic (exact) mass is 426 g/mol. The Morgan fingerprint density at radius 1 is 1.00 bits per heavy atom. The van der Waals surface area contributed by atoms with Crippen LogP contribution in [0.5, 0.6) is 0 Å². The first-order valence-corrected chi connectivity index (χ1v) is 10.1. The Kier molecular flexibility index (Phi) is 7.25. The largest absolute Gasteiger partial charge is 0.481 e. The van der Waals surface area contributed by atoms with Crippen molar-refractivity contribution in [1.82, 2.24) is 10.6 Å². The van der Waals surface area contributed by atoms with Gasteiger partial charge in [-0.25, -0.2) is 4.79 Å². The molecule has 0 saturated heterocycles. The predicted octanol–water partition coefficient (Wildman–Crippen LogP) is 2.26. The van der Waals surface area contributed by atoms with Crippen LogP contribution in [0, 0.1) is 0 Å². The van der Waals surface area contributed by atoms with Crippen molar-refractivity contribution in [3.8, 4) is 11.1 Å². The Balaban J connectivity index is 1.46. The number of ether oxygens (including phenoxy) is 1. The number of hydrogen-bond donors (Lipinski definition) is 4. The summed E-state index contributed by atoms with van der Waals surface area (Å²) < 4.78 is 5.38. The van der Waals surface area contributed by atoms with Gasteiger partial charge in [0, 0.05) is 18.5 Å². The Morgan fingerprint density at radius 3 is 2.16 bits per heavy atom. The summed E-state index contributed by atoms with van der Waals surface area (Å²) in [6, 6.07) is 15.5. The Morgan fingerprint density at radius 2 is 1.58 bits per heavy atom. The lowest BCUT2D eigenvalue weighted by Crippen LogP contribution is -2.39. The second kappa shape index (κ2) is 10.1. The molecule has 8 heteroatoms. The zero-order valence-electron chi connectivity index (χ0n) is 17.2. The van der Waals surface area contributed by atoms with Crippen LogP contribution in [0.3, 0.4) is 0 Å². The maximum absolute atomic E-state index is 12.1. The molecule has 1 aliphatic rings. The van der Waals surface area contributed by atoms with Crippen LogP contribution in [-0.2, 0) is 14.3 Å². The van der Waals surface area contributed by atoms with Crippen LogP contribution in [0.2, 0.25) is 0 Å². The highest BCUT2D eigenvalue weighted by molar-refractivity contribution is 5.79. The molecule has 1 aliphatic carbocycles. The van der Waals surface area contributed by atoms with E-state index in [1.807, 2.05) is 48.5 Å². The number of carboxylic acids is 1. The molecule has 8 nitrogen and oxygen atoms in total. The molecule has 4 N–H and O–H groups in total. The number of amides is 2. The van der Waals surface area contributed by atoms with E-state index in [0.29, 0.717) is 0 Å². The molecule has 0 aliphatic heterocycles. The number of nitrogens with one attached hydrogen (secondary N) is 2. The first-order chi connectivity index (χ1) is 14.8. The Hall–Kier alpha value is -3.39. The molecule has 164 valence electrons. The van der Waals surface area contributed by atoms with Crippen LogP contribution in [0.25, 0.3) is 11.1 Å². The number of hydrogen-bond acceptors (Lipinski definition) is 5. The summed E-state index contributed by atoms with van der Waals surface area (Å²) in [7, 11) is 0. The van der Waals surface area contributed by atoms with Gasteiger partial charge in [-0.05, 0) is 29.2 Å².